The standard InChI is InChI=1S/C28H36N3O6PS/c1-20(2)25(27(32)33)30-28(34)31(4)15-24-19-39-26(29-24)21(3)18-38(35,36-16-22-11-7-5-8-12-22)37-17-23-13-9-6-10-14-23/h5-14,19-21,25H,15-18H2,1-4H3,(H,30,34)(H,32,33)/t21?,25-/m0/s1. The molecule has 0 aliphatic rings. The Morgan fingerprint density at radius 3 is 2.03 bits per heavy atom. The van der Waals surface area contributed by atoms with Crippen LogP contribution >= 0.6 is 18.9 Å². The number of carbonyl (C=O) groups is 2. The molecule has 0 saturated carbocycles. The highest BCUT2D eigenvalue weighted by Crippen LogP contribution is 2.53. The number of hydrogen-bond acceptors (Lipinski definition) is 7. The van der Waals surface area contributed by atoms with Gasteiger partial charge in [-0.05, 0) is 17.0 Å². The predicted octanol–water partition coefficient (Wildman–Crippen LogP) is 6.12. The molecule has 0 fully saturated rings. The van der Waals surface area contributed by atoms with Crippen molar-refractivity contribution in [2.45, 2.75) is 52.5 Å². The number of benzene rings is 2. The molecule has 1 heterocycles. The molecule has 2 N–H and O–H groups in total. The van der Waals surface area contributed by atoms with Gasteiger partial charge in [0.05, 0.1) is 36.6 Å². The first-order valence-electron chi connectivity index (χ1n) is 12.7. The summed E-state index contributed by atoms with van der Waals surface area (Å²) in [5.41, 5.74) is 2.45. The second-order valence-electron chi connectivity index (χ2n) is 9.76. The number of carboxylic acids is 1. The van der Waals surface area contributed by atoms with E-state index in [0.717, 1.165) is 16.1 Å². The molecule has 3 aromatic rings. The fourth-order valence-corrected chi connectivity index (χ4v) is 6.56. The molecular weight excluding hydrogens is 537 g/mol. The summed E-state index contributed by atoms with van der Waals surface area (Å²) in [6, 6.07) is 17.6. The number of urea groups is 1. The normalized spacial score (nSPS) is 13.2. The molecule has 0 aliphatic heterocycles. The van der Waals surface area contributed by atoms with Gasteiger partial charge in [0.1, 0.15) is 6.04 Å². The van der Waals surface area contributed by atoms with Gasteiger partial charge < -0.3 is 24.4 Å². The fraction of sp³-hybridized carbons (Fsp3) is 0.393. The van der Waals surface area contributed by atoms with E-state index in [1.54, 1.807) is 20.9 Å². The average Bonchev–Trinajstić information content (AvgIpc) is 3.39. The number of carbonyl (C=O) groups excluding carboxylic acids is 1. The molecule has 0 radical (unpaired) electrons. The fourth-order valence-electron chi connectivity index (χ4n) is 3.74. The topological polar surface area (TPSA) is 118 Å². The van der Waals surface area contributed by atoms with Crippen molar-refractivity contribution >= 4 is 30.9 Å². The summed E-state index contributed by atoms with van der Waals surface area (Å²) in [7, 11) is -1.92. The summed E-state index contributed by atoms with van der Waals surface area (Å²) < 4.78 is 25.7. The lowest BCUT2D eigenvalue weighted by Crippen LogP contribution is -2.48. The molecule has 0 bridgehead atoms. The molecule has 2 amide bonds. The summed E-state index contributed by atoms with van der Waals surface area (Å²) in [4.78, 5) is 30.0. The Morgan fingerprint density at radius 2 is 1.54 bits per heavy atom. The third kappa shape index (κ3) is 9.58. The average molecular weight is 574 g/mol. The number of rotatable bonds is 14. The van der Waals surface area contributed by atoms with E-state index in [2.05, 4.69) is 10.3 Å². The maximum absolute atomic E-state index is 13.9. The van der Waals surface area contributed by atoms with Crippen molar-refractivity contribution in [3.05, 3.63) is 87.9 Å². The minimum atomic E-state index is -3.50. The van der Waals surface area contributed by atoms with Gasteiger partial charge >= 0.3 is 19.6 Å². The second kappa shape index (κ2) is 14.4. The number of aromatic nitrogens is 1. The Hall–Kier alpha value is -3.04. The molecule has 0 aliphatic carbocycles. The van der Waals surface area contributed by atoms with Crippen molar-refractivity contribution in [2.75, 3.05) is 13.2 Å². The quantitative estimate of drug-likeness (QED) is 0.223. The number of nitrogens with one attached hydrogen (secondary N) is 1. The van der Waals surface area contributed by atoms with Crippen LogP contribution in [0.3, 0.4) is 0 Å². The van der Waals surface area contributed by atoms with Crippen molar-refractivity contribution < 1.29 is 28.3 Å². The number of thiazole rings is 1. The van der Waals surface area contributed by atoms with Crippen molar-refractivity contribution in [1.82, 2.24) is 15.2 Å². The first-order valence-corrected chi connectivity index (χ1v) is 15.3. The third-order valence-corrected chi connectivity index (χ3v) is 9.15. The SMILES string of the molecule is CC(CP(=O)(OCc1ccccc1)OCc1ccccc1)c1nc(CN(C)C(=O)N[C@H](C(=O)O)C(C)C)cs1. The van der Waals surface area contributed by atoms with Crippen molar-refractivity contribution in [1.29, 1.82) is 0 Å². The Labute approximate surface area is 233 Å². The lowest BCUT2D eigenvalue weighted by atomic mass is 10.1. The third-order valence-electron chi connectivity index (χ3n) is 5.99. The van der Waals surface area contributed by atoms with Crippen LogP contribution in [0.4, 0.5) is 4.79 Å². The van der Waals surface area contributed by atoms with E-state index in [1.807, 2.05) is 73.0 Å². The first kappa shape index (κ1) is 30.5. The van der Waals surface area contributed by atoms with E-state index in [1.165, 1.54) is 16.2 Å². The highest BCUT2D eigenvalue weighted by Gasteiger charge is 2.30. The van der Waals surface area contributed by atoms with Crippen molar-refractivity contribution in [3.8, 4) is 0 Å². The molecule has 210 valence electrons. The molecule has 2 atom stereocenters. The smallest absolute Gasteiger partial charge is 0.332 e. The van der Waals surface area contributed by atoms with Crippen LogP contribution in [-0.2, 0) is 38.2 Å². The van der Waals surface area contributed by atoms with Crippen LogP contribution in [0, 0.1) is 5.92 Å². The molecule has 0 spiro atoms. The van der Waals surface area contributed by atoms with Gasteiger partial charge in [0.2, 0.25) is 0 Å². The minimum Gasteiger partial charge on any atom is -0.480 e. The Balaban J connectivity index is 1.65. The second-order valence-corrected chi connectivity index (χ2v) is 12.7. The summed E-state index contributed by atoms with van der Waals surface area (Å²) in [6.45, 7) is 5.92. The first-order chi connectivity index (χ1) is 18.6. The Kier molecular flexibility index (Phi) is 11.2. The van der Waals surface area contributed by atoms with E-state index in [-0.39, 0.29) is 37.8 Å². The maximum Gasteiger partial charge on any atom is 0.332 e. The van der Waals surface area contributed by atoms with Crippen LogP contribution in [0.1, 0.15) is 48.5 Å². The van der Waals surface area contributed by atoms with Crippen LogP contribution in [0.15, 0.2) is 66.0 Å². The van der Waals surface area contributed by atoms with Gasteiger partial charge in [-0.3, -0.25) is 4.57 Å². The summed E-state index contributed by atoms with van der Waals surface area (Å²) in [6.07, 6.45) is 0.143. The van der Waals surface area contributed by atoms with E-state index >= 15 is 0 Å². The van der Waals surface area contributed by atoms with Crippen LogP contribution in [0.25, 0.3) is 0 Å². The van der Waals surface area contributed by atoms with E-state index < -0.39 is 25.6 Å². The number of amides is 2. The van der Waals surface area contributed by atoms with Gasteiger partial charge in [-0.25, -0.2) is 14.6 Å². The maximum atomic E-state index is 13.9. The van der Waals surface area contributed by atoms with Crippen molar-refractivity contribution in [3.63, 3.8) is 0 Å². The molecule has 3 rings (SSSR count). The largest absolute Gasteiger partial charge is 0.480 e. The number of carboxylic acid groups (broad SMARTS) is 1. The molecule has 1 unspecified atom stereocenters. The van der Waals surface area contributed by atoms with E-state index in [4.69, 9.17) is 9.05 Å². The van der Waals surface area contributed by atoms with E-state index in [9.17, 15) is 19.3 Å². The summed E-state index contributed by atoms with van der Waals surface area (Å²) in [5.74, 6) is -1.56. The number of aliphatic carboxylic acids is 1. The Bertz CT molecular complexity index is 1210. The van der Waals surface area contributed by atoms with Crippen LogP contribution in [-0.4, -0.2) is 46.2 Å². The zero-order valence-corrected chi connectivity index (χ0v) is 24.4. The van der Waals surface area contributed by atoms with Crippen LogP contribution in [0.5, 0.6) is 0 Å². The number of hydrogen-bond donors (Lipinski definition) is 2. The molecule has 1 aromatic heterocycles. The Morgan fingerprint density at radius 1 is 1.00 bits per heavy atom. The van der Waals surface area contributed by atoms with Crippen molar-refractivity contribution in [2.24, 2.45) is 5.92 Å². The van der Waals surface area contributed by atoms with Crippen LogP contribution < -0.4 is 5.32 Å². The molecule has 0 saturated heterocycles. The van der Waals surface area contributed by atoms with E-state index in [0.29, 0.717) is 5.69 Å². The van der Waals surface area contributed by atoms with Gasteiger partial charge in [0.25, 0.3) is 0 Å². The zero-order valence-electron chi connectivity index (χ0n) is 22.6. The molecule has 9 nitrogen and oxygen atoms in total. The molecule has 2 aromatic carbocycles. The summed E-state index contributed by atoms with van der Waals surface area (Å²) >= 11 is 1.41. The minimum absolute atomic E-state index is 0.143. The number of nitrogens with zero attached hydrogens (tertiary/aromatic N) is 2. The highest BCUT2D eigenvalue weighted by molar-refractivity contribution is 7.53. The monoisotopic (exact) mass is 573 g/mol. The van der Waals surface area contributed by atoms with Gasteiger partial charge in [-0.1, -0.05) is 81.4 Å². The lowest BCUT2D eigenvalue weighted by molar-refractivity contribution is -0.140. The molecular formula is C28H36N3O6PS. The van der Waals surface area contributed by atoms with Gasteiger partial charge in [-0.2, -0.15) is 0 Å². The predicted molar refractivity (Wildman–Crippen MR) is 152 cm³/mol. The molecule has 39 heavy (non-hydrogen) atoms. The molecule has 11 heteroatoms. The zero-order chi connectivity index (χ0) is 28.4. The van der Waals surface area contributed by atoms with Crippen LogP contribution in [0.2, 0.25) is 0 Å². The van der Waals surface area contributed by atoms with Gasteiger partial charge in [0, 0.05) is 18.3 Å². The summed E-state index contributed by atoms with van der Waals surface area (Å²) in [5, 5.41) is 14.5. The highest BCUT2D eigenvalue weighted by atomic mass is 32.1. The van der Waals surface area contributed by atoms with Gasteiger partial charge in [0.15, 0.2) is 0 Å². The lowest BCUT2D eigenvalue weighted by Gasteiger charge is -2.23. The van der Waals surface area contributed by atoms with Gasteiger partial charge in [-0.15, -0.1) is 11.3 Å².